The van der Waals surface area contributed by atoms with Crippen molar-refractivity contribution in [2.45, 2.75) is 13.0 Å². The summed E-state index contributed by atoms with van der Waals surface area (Å²) in [6.45, 7) is 2.08. The summed E-state index contributed by atoms with van der Waals surface area (Å²) in [6, 6.07) is 6.58. The predicted octanol–water partition coefficient (Wildman–Crippen LogP) is 2.62. The van der Waals surface area contributed by atoms with Crippen LogP contribution >= 0.6 is 0 Å². The molecule has 1 aromatic carbocycles. The zero-order valence-corrected chi connectivity index (χ0v) is 13.0. The highest BCUT2D eigenvalue weighted by molar-refractivity contribution is 5.89. The zero-order chi connectivity index (χ0) is 16.8. The van der Waals surface area contributed by atoms with Gasteiger partial charge in [-0.2, -0.15) is 0 Å². The van der Waals surface area contributed by atoms with E-state index >= 15 is 0 Å². The van der Waals surface area contributed by atoms with Crippen LogP contribution in [0, 0.1) is 12.7 Å². The topological polar surface area (TPSA) is 89.3 Å². The summed E-state index contributed by atoms with van der Waals surface area (Å²) in [5.41, 5.74) is 7.90. The number of halogens is 1. The molecule has 23 heavy (non-hydrogen) atoms. The number of nitrogens with one attached hydrogen (secondary N) is 2. The molecule has 122 valence electrons. The number of aryl methyl sites for hydroxylation is 1. The smallest absolute Gasteiger partial charge is 0.320 e. The fraction of sp³-hybridized carbons (Fsp3) is 0.250. The van der Waals surface area contributed by atoms with Crippen LogP contribution in [0.2, 0.25) is 0 Å². The number of hydrogen-bond donors (Lipinski definition) is 3. The van der Waals surface area contributed by atoms with E-state index in [9.17, 15) is 9.18 Å². The molecule has 0 fully saturated rings. The number of anilines is 2. The number of nitrogen functional groups attached to an aromatic ring is 1. The van der Waals surface area contributed by atoms with Crippen molar-refractivity contribution in [1.29, 1.82) is 0 Å². The summed E-state index contributed by atoms with van der Waals surface area (Å²) in [7, 11) is 1.53. The van der Waals surface area contributed by atoms with Gasteiger partial charge < -0.3 is 15.8 Å². The second-order valence-corrected chi connectivity index (χ2v) is 5.08. The number of urea groups is 1. The number of carbonyl (C=O) groups is 1. The van der Waals surface area contributed by atoms with E-state index in [1.165, 1.54) is 19.2 Å². The average Bonchev–Trinajstić information content (AvgIpc) is 2.51. The molecule has 2 aromatic rings. The van der Waals surface area contributed by atoms with E-state index in [4.69, 9.17) is 10.5 Å². The fourth-order valence-electron chi connectivity index (χ4n) is 2.00. The van der Waals surface area contributed by atoms with Gasteiger partial charge in [0.2, 0.25) is 0 Å². The number of pyridine rings is 1. The molecule has 0 spiro atoms. The average molecular weight is 318 g/mol. The number of carbonyl (C=O) groups excluding carboxylic acids is 1. The summed E-state index contributed by atoms with van der Waals surface area (Å²) in [5.74, 6) is 0.00886. The van der Waals surface area contributed by atoms with E-state index in [2.05, 4.69) is 15.6 Å². The molecular weight excluding hydrogens is 299 g/mol. The van der Waals surface area contributed by atoms with Gasteiger partial charge >= 0.3 is 6.03 Å². The lowest BCUT2D eigenvalue weighted by Gasteiger charge is -2.18. The Morgan fingerprint density at radius 3 is 2.70 bits per heavy atom. The lowest BCUT2D eigenvalue weighted by Crippen LogP contribution is -2.35. The van der Waals surface area contributed by atoms with Crippen LogP contribution in [0.25, 0.3) is 0 Å². The monoisotopic (exact) mass is 318 g/mol. The Morgan fingerprint density at radius 1 is 1.39 bits per heavy atom. The fourth-order valence-corrected chi connectivity index (χ4v) is 2.00. The number of nitrogens with two attached hydrogens (primary N) is 1. The number of benzene rings is 1. The largest absolute Gasteiger partial charge is 0.398 e. The van der Waals surface area contributed by atoms with Gasteiger partial charge in [-0.05, 0) is 30.2 Å². The molecule has 6 nitrogen and oxygen atoms in total. The first-order valence-electron chi connectivity index (χ1n) is 7.03. The van der Waals surface area contributed by atoms with Gasteiger partial charge in [-0.3, -0.25) is 5.32 Å². The Kier molecular flexibility index (Phi) is 5.48. The third-order valence-corrected chi connectivity index (χ3v) is 3.30. The van der Waals surface area contributed by atoms with Crippen molar-refractivity contribution in [2.75, 3.05) is 24.8 Å². The third-order valence-electron chi connectivity index (χ3n) is 3.30. The lowest BCUT2D eigenvalue weighted by atomic mass is 10.1. The minimum Gasteiger partial charge on any atom is -0.398 e. The van der Waals surface area contributed by atoms with Gasteiger partial charge in [0.15, 0.2) is 0 Å². The Hall–Kier alpha value is -2.67. The normalized spacial score (nSPS) is 11.8. The summed E-state index contributed by atoms with van der Waals surface area (Å²) < 4.78 is 18.1. The van der Waals surface area contributed by atoms with Gasteiger partial charge in [0.1, 0.15) is 11.6 Å². The van der Waals surface area contributed by atoms with Crippen molar-refractivity contribution in [3.05, 3.63) is 53.5 Å². The van der Waals surface area contributed by atoms with Crippen molar-refractivity contribution in [2.24, 2.45) is 0 Å². The highest BCUT2D eigenvalue weighted by atomic mass is 19.1. The Balaban J connectivity index is 2.05. The maximum atomic E-state index is 13.0. The summed E-state index contributed by atoms with van der Waals surface area (Å²) in [4.78, 5) is 16.2. The molecule has 2 amide bonds. The van der Waals surface area contributed by atoms with Gasteiger partial charge in [-0.1, -0.05) is 12.1 Å². The summed E-state index contributed by atoms with van der Waals surface area (Å²) >= 11 is 0. The SMILES string of the molecule is COC[C@@H](NC(=O)Nc1cc(N)c(C)cn1)c1ccc(F)cc1. The number of rotatable bonds is 5. The van der Waals surface area contributed by atoms with E-state index in [0.717, 1.165) is 11.1 Å². The maximum Gasteiger partial charge on any atom is 0.320 e. The molecular formula is C16H19FN4O2. The molecule has 1 heterocycles. The zero-order valence-electron chi connectivity index (χ0n) is 13.0. The van der Waals surface area contributed by atoms with E-state index in [1.807, 2.05) is 6.92 Å². The second-order valence-electron chi connectivity index (χ2n) is 5.08. The maximum absolute atomic E-state index is 13.0. The van der Waals surface area contributed by atoms with Crippen molar-refractivity contribution in [3.63, 3.8) is 0 Å². The van der Waals surface area contributed by atoms with Crippen molar-refractivity contribution >= 4 is 17.5 Å². The minimum atomic E-state index is -0.452. The van der Waals surface area contributed by atoms with Crippen LogP contribution in [0.4, 0.5) is 20.7 Å². The van der Waals surface area contributed by atoms with Gasteiger partial charge in [-0.25, -0.2) is 14.2 Å². The Morgan fingerprint density at radius 2 is 2.09 bits per heavy atom. The first kappa shape index (κ1) is 16.7. The molecule has 7 heteroatoms. The first-order chi connectivity index (χ1) is 11.0. The highest BCUT2D eigenvalue weighted by Crippen LogP contribution is 2.16. The van der Waals surface area contributed by atoms with E-state index in [1.54, 1.807) is 24.4 Å². The van der Waals surface area contributed by atoms with E-state index in [-0.39, 0.29) is 12.4 Å². The quantitative estimate of drug-likeness (QED) is 0.790. The van der Waals surface area contributed by atoms with Crippen LogP contribution in [0.3, 0.4) is 0 Å². The molecule has 0 saturated carbocycles. The molecule has 1 aromatic heterocycles. The molecule has 0 bridgehead atoms. The number of methoxy groups -OCH3 is 1. The van der Waals surface area contributed by atoms with Crippen LogP contribution in [-0.4, -0.2) is 24.7 Å². The van der Waals surface area contributed by atoms with Crippen molar-refractivity contribution < 1.29 is 13.9 Å². The lowest BCUT2D eigenvalue weighted by molar-refractivity contribution is 0.168. The molecule has 1 atom stereocenters. The molecule has 0 radical (unpaired) electrons. The number of amides is 2. The van der Waals surface area contributed by atoms with Gasteiger partial charge in [0, 0.05) is 25.1 Å². The van der Waals surface area contributed by atoms with Gasteiger partial charge in [0.25, 0.3) is 0 Å². The number of nitrogens with zero attached hydrogens (tertiary/aromatic N) is 1. The van der Waals surface area contributed by atoms with Crippen LogP contribution < -0.4 is 16.4 Å². The van der Waals surface area contributed by atoms with Crippen LogP contribution in [0.5, 0.6) is 0 Å². The summed E-state index contributed by atoms with van der Waals surface area (Å²) in [6.07, 6.45) is 1.58. The first-order valence-corrected chi connectivity index (χ1v) is 7.03. The number of aromatic nitrogens is 1. The Labute approximate surface area is 133 Å². The minimum absolute atomic E-state index is 0.252. The van der Waals surface area contributed by atoms with E-state index in [0.29, 0.717) is 11.5 Å². The molecule has 0 aliphatic rings. The van der Waals surface area contributed by atoms with Crippen molar-refractivity contribution in [3.8, 4) is 0 Å². The molecule has 4 N–H and O–H groups in total. The predicted molar refractivity (Wildman–Crippen MR) is 86.6 cm³/mol. The van der Waals surface area contributed by atoms with Gasteiger partial charge in [0.05, 0.1) is 12.6 Å². The van der Waals surface area contributed by atoms with E-state index < -0.39 is 12.1 Å². The van der Waals surface area contributed by atoms with Crippen LogP contribution in [-0.2, 0) is 4.74 Å². The third kappa shape index (κ3) is 4.65. The highest BCUT2D eigenvalue weighted by Gasteiger charge is 2.15. The molecule has 0 aliphatic carbocycles. The number of hydrogen-bond acceptors (Lipinski definition) is 4. The number of ether oxygens (including phenoxy) is 1. The molecule has 0 unspecified atom stereocenters. The van der Waals surface area contributed by atoms with Crippen molar-refractivity contribution in [1.82, 2.24) is 10.3 Å². The molecule has 0 saturated heterocycles. The van der Waals surface area contributed by atoms with Crippen LogP contribution in [0.15, 0.2) is 36.5 Å². The molecule has 2 rings (SSSR count). The second kappa shape index (κ2) is 7.55. The van der Waals surface area contributed by atoms with Gasteiger partial charge in [-0.15, -0.1) is 0 Å². The van der Waals surface area contributed by atoms with Crippen LogP contribution in [0.1, 0.15) is 17.2 Å². The Bertz CT molecular complexity index is 676. The summed E-state index contributed by atoms with van der Waals surface area (Å²) in [5, 5.41) is 5.37. The molecule has 0 aliphatic heterocycles. The standard InChI is InChI=1S/C16H19FN4O2/c1-10-8-19-15(7-13(10)18)21-16(22)20-14(9-23-2)11-3-5-12(17)6-4-11/h3-8,14H,9H2,1-2H3,(H4,18,19,20,21,22)/t14-/m1/s1.